The molecule has 14 heavy (non-hydrogen) atoms. The first-order chi connectivity index (χ1) is 6.74. The monoisotopic (exact) mass is 197 g/mol. The van der Waals surface area contributed by atoms with Crippen LogP contribution >= 0.6 is 0 Å². The van der Waals surface area contributed by atoms with E-state index in [0.717, 1.165) is 22.6 Å². The Morgan fingerprint density at radius 1 is 1.14 bits per heavy atom. The number of benzene rings is 1. The van der Waals surface area contributed by atoms with E-state index in [4.69, 9.17) is 15.4 Å². The van der Waals surface area contributed by atoms with Crippen molar-refractivity contribution in [2.75, 3.05) is 14.2 Å². The molecule has 4 heteroatoms. The van der Waals surface area contributed by atoms with Crippen molar-refractivity contribution >= 4 is 0 Å². The zero-order chi connectivity index (χ0) is 10.6. The quantitative estimate of drug-likeness (QED) is 0.741. The number of ether oxygens (including phenoxy) is 2. The Kier molecular flexibility index (Phi) is 3.73. The lowest BCUT2D eigenvalue weighted by Gasteiger charge is -2.13. The molecular weight excluding hydrogens is 182 g/mol. The van der Waals surface area contributed by atoms with Gasteiger partial charge in [0.05, 0.1) is 20.8 Å². The number of hydrogen-bond acceptors (Lipinski definition) is 4. The van der Waals surface area contributed by atoms with Crippen molar-refractivity contribution in [3.8, 4) is 11.5 Å². The number of nitrogens with two attached hydrogens (primary N) is 1. The molecule has 0 amide bonds. The highest BCUT2D eigenvalue weighted by Crippen LogP contribution is 2.29. The van der Waals surface area contributed by atoms with Crippen molar-refractivity contribution in [2.24, 2.45) is 5.90 Å². The second kappa shape index (κ2) is 4.83. The van der Waals surface area contributed by atoms with Gasteiger partial charge in [-0.2, -0.15) is 0 Å². The summed E-state index contributed by atoms with van der Waals surface area (Å²) in [6, 6.07) is 3.69. The van der Waals surface area contributed by atoms with Gasteiger partial charge in [-0.15, -0.1) is 0 Å². The van der Waals surface area contributed by atoms with Crippen molar-refractivity contribution in [3.63, 3.8) is 0 Å². The lowest BCUT2D eigenvalue weighted by molar-refractivity contribution is 0.121. The Balaban J connectivity index is 3.16. The van der Waals surface area contributed by atoms with Gasteiger partial charge >= 0.3 is 0 Å². The minimum absolute atomic E-state index is 0.312. The molecule has 0 atom stereocenters. The summed E-state index contributed by atoms with van der Waals surface area (Å²) in [5, 5.41) is 0. The van der Waals surface area contributed by atoms with Gasteiger partial charge in [0.1, 0.15) is 11.5 Å². The van der Waals surface area contributed by atoms with Crippen molar-refractivity contribution in [3.05, 3.63) is 23.3 Å². The van der Waals surface area contributed by atoms with Gasteiger partial charge in [-0.3, -0.25) is 4.84 Å². The van der Waals surface area contributed by atoms with Crippen molar-refractivity contribution in [1.82, 2.24) is 0 Å². The van der Waals surface area contributed by atoms with Gasteiger partial charge in [0.15, 0.2) is 0 Å². The van der Waals surface area contributed by atoms with Crippen LogP contribution in [0.1, 0.15) is 11.1 Å². The second-order valence-corrected chi connectivity index (χ2v) is 2.88. The van der Waals surface area contributed by atoms with E-state index in [1.165, 1.54) is 0 Å². The topological polar surface area (TPSA) is 53.7 Å². The largest absolute Gasteiger partial charge is 0.496 e. The normalized spacial score (nSPS) is 10.0. The first-order valence-electron chi connectivity index (χ1n) is 4.26. The number of rotatable bonds is 4. The van der Waals surface area contributed by atoms with Crippen LogP contribution in [-0.4, -0.2) is 14.2 Å². The van der Waals surface area contributed by atoms with Crippen LogP contribution < -0.4 is 15.4 Å². The third-order valence-electron chi connectivity index (χ3n) is 2.17. The summed E-state index contributed by atoms with van der Waals surface area (Å²) in [6.07, 6.45) is 0. The summed E-state index contributed by atoms with van der Waals surface area (Å²) < 4.78 is 10.4. The first kappa shape index (κ1) is 10.8. The van der Waals surface area contributed by atoms with Crippen LogP contribution in [0.25, 0.3) is 0 Å². The van der Waals surface area contributed by atoms with Crippen LogP contribution in [0.4, 0.5) is 0 Å². The molecule has 0 aromatic heterocycles. The molecule has 0 unspecified atom stereocenters. The fraction of sp³-hybridized carbons (Fsp3) is 0.400. The lowest BCUT2D eigenvalue weighted by Crippen LogP contribution is -2.04. The number of methoxy groups -OCH3 is 2. The first-order valence-corrected chi connectivity index (χ1v) is 4.26. The van der Waals surface area contributed by atoms with E-state index in [1.54, 1.807) is 14.2 Å². The maximum Gasteiger partial charge on any atom is 0.124 e. The summed E-state index contributed by atoms with van der Waals surface area (Å²) in [5.74, 6) is 6.61. The highest BCUT2D eigenvalue weighted by atomic mass is 16.6. The van der Waals surface area contributed by atoms with Crippen LogP contribution in [0.15, 0.2) is 12.1 Å². The molecule has 1 aromatic rings. The van der Waals surface area contributed by atoms with E-state index in [9.17, 15) is 0 Å². The van der Waals surface area contributed by atoms with Crippen LogP contribution in [0.2, 0.25) is 0 Å². The standard InChI is InChI=1S/C10H15NO3/c1-7-8(6-14-11)10(13-3)5-4-9(7)12-2/h4-5H,6,11H2,1-3H3. The molecule has 2 N–H and O–H groups in total. The van der Waals surface area contributed by atoms with Crippen molar-refractivity contribution < 1.29 is 14.3 Å². The van der Waals surface area contributed by atoms with E-state index in [2.05, 4.69) is 4.84 Å². The Morgan fingerprint density at radius 3 is 2.21 bits per heavy atom. The molecule has 0 saturated carbocycles. The maximum absolute atomic E-state index is 5.19. The minimum Gasteiger partial charge on any atom is -0.496 e. The van der Waals surface area contributed by atoms with E-state index >= 15 is 0 Å². The van der Waals surface area contributed by atoms with Gasteiger partial charge < -0.3 is 9.47 Å². The third-order valence-corrected chi connectivity index (χ3v) is 2.17. The van der Waals surface area contributed by atoms with Crippen LogP contribution in [0, 0.1) is 6.92 Å². The molecule has 0 radical (unpaired) electrons. The molecule has 0 bridgehead atoms. The Morgan fingerprint density at radius 2 is 1.71 bits per heavy atom. The molecule has 0 aliphatic heterocycles. The molecule has 1 rings (SSSR count). The lowest BCUT2D eigenvalue weighted by atomic mass is 10.1. The molecular formula is C10H15NO3. The van der Waals surface area contributed by atoms with Gasteiger partial charge in [-0.05, 0) is 19.1 Å². The van der Waals surface area contributed by atoms with E-state index in [1.807, 2.05) is 19.1 Å². The van der Waals surface area contributed by atoms with Crippen LogP contribution in [0.3, 0.4) is 0 Å². The molecule has 0 fully saturated rings. The molecule has 1 aromatic carbocycles. The second-order valence-electron chi connectivity index (χ2n) is 2.88. The predicted molar refractivity (Wildman–Crippen MR) is 53.3 cm³/mol. The average molecular weight is 197 g/mol. The van der Waals surface area contributed by atoms with Gasteiger partial charge in [0.2, 0.25) is 0 Å². The Labute approximate surface area is 83.5 Å². The summed E-state index contributed by atoms with van der Waals surface area (Å²) in [7, 11) is 3.24. The van der Waals surface area contributed by atoms with Crippen LogP contribution in [0.5, 0.6) is 11.5 Å². The smallest absolute Gasteiger partial charge is 0.124 e. The number of hydrogen-bond donors (Lipinski definition) is 1. The van der Waals surface area contributed by atoms with E-state index < -0.39 is 0 Å². The fourth-order valence-corrected chi connectivity index (χ4v) is 1.39. The Hall–Kier alpha value is -1.26. The molecule has 0 aliphatic carbocycles. The highest BCUT2D eigenvalue weighted by molar-refractivity contribution is 5.47. The molecule has 0 heterocycles. The summed E-state index contributed by atoms with van der Waals surface area (Å²) in [6.45, 7) is 2.25. The van der Waals surface area contributed by atoms with Crippen molar-refractivity contribution in [2.45, 2.75) is 13.5 Å². The predicted octanol–water partition coefficient (Wildman–Crippen LogP) is 1.40. The summed E-state index contributed by atoms with van der Waals surface area (Å²) in [4.78, 5) is 4.62. The van der Waals surface area contributed by atoms with Gasteiger partial charge in [-0.25, -0.2) is 5.90 Å². The summed E-state index contributed by atoms with van der Waals surface area (Å²) >= 11 is 0. The van der Waals surface area contributed by atoms with Gasteiger partial charge in [0, 0.05) is 11.1 Å². The SMILES string of the molecule is COc1ccc(OC)c(CON)c1C. The van der Waals surface area contributed by atoms with E-state index in [0.29, 0.717) is 6.61 Å². The van der Waals surface area contributed by atoms with Crippen LogP contribution in [-0.2, 0) is 11.4 Å². The minimum atomic E-state index is 0.312. The fourth-order valence-electron chi connectivity index (χ4n) is 1.39. The summed E-state index contributed by atoms with van der Waals surface area (Å²) in [5.41, 5.74) is 1.90. The van der Waals surface area contributed by atoms with Crippen molar-refractivity contribution in [1.29, 1.82) is 0 Å². The molecule has 4 nitrogen and oxygen atoms in total. The average Bonchev–Trinajstić information content (AvgIpc) is 2.21. The molecule has 78 valence electrons. The highest BCUT2D eigenvalue weighted by Gasteiger charge is 2.10. The maximum atomic E-state index is 5.19. The zero-order valence-corrected chi connectivity index (χ0v) is 8.66. The molecule has 0 aliphatic rings. The molecule has 0 saturated heterocycles. The van der Waals surface area contributed by atoms with Gasteiger partial charge in [-0.1, -0.05) is 0 Å². The zero-order valence-electron chi connectivity index (χ0n) is 8.66. The van der Waals surface area contributed by atoms with E-state index in [-0.39, 0.29) is 0 Å². The molecule has 0 spiro atoms. The third kappa shape index (κ3) is 1.97. The van der Waals surface area contributed by atoms with Gasteiger partial charge in [0.25, 0.3) is 0 Å². The Bertz CT molecular complexity index is 312.